The Morgan fingerprint density at radius 3 is 2.64 bits per heavy atom. The average Bonchev–Trinajstić information content (AvgIpc) is 2.83. The van der Waals surface area contributed by atoms with Gasteiger partial charge in [-0.25, -0.2) is 0 Å². The Kier molecular flexibility index (Phi) is 5.34. The summed E-state index contributed by atoms with van der Waals surface area (Å²) in [6, 6.07) is 1.89. The van der Waals surface area contributed by atoms with E-state index in [1.165, 1.54) is 0 Å². The van der Waals surface area contributed by atoms with Crippen LogP contribution in [0.25, 0.3) is 0 Å². The number of nitrogens with zero attached hydrogens (tertiary/aromatic N) is 1. The summed E-state index contributed by atoms with van der Waals surface area (Å²) in [5.74, 6) is -0.657. The third-order valence-electron chi connectivity index (χ3n) is 4.08. The van der Waals surface area contributed by atoms with Gasteiger partial charge in [0.25, 0.3) is 0 Å². The van der Waals surface area contributed by atoms with Gasteiger partial charge in [-0.3, -0.25) is 14.4 Å². The van der Waals surface area contributed by atoms with Gasteiger partial charge in [-0.15, -0.1) is 11.3 Å². The van der Waals surface area contributed by atoms with Crippen molar-refractivity contribution in [2.24, 2.45) is 11.7 Å². The molecule has 0 aliphatic carbocycles. The van der Waals surface area contributed by atoms with Crippen molar-refractivity contribution in [1.29, 1.82) is 0 Å². The number of amides is 2. The molecule has 0 radical (unpaired) electrons. The number of likely N-dealkylation sites (tertiary alicyclic amines) is 1. The second kappa shape index (κ2) is 7.05. The lowest BCUT2D eigenvalue weighted by atomic mass is 9.97. The smallest absolute Gasteiger partial charge is 0.223 e. The van der Waals surface area contributed by atoms with Gasteiger partial charge in [-0.2, -0.15) is 0 Å². The minimum atomic E-state index is -0.349. The molecule has 5 nitrogen and oxygen atoms in total. The number of aryl methyl sites for hydroxylation is 2. The van der Waals surface area contributed by atoms with Gasteiger partial charge in [0.2, 0.25) is 11.8 Å². The van der Waals surface area contributed by atoms with Crippen LogP contribution < -0.4 is 5.73 Å². The van der Waals surface area contributed by atoms with Gasteiger partial charge >= 0.3 is 0 Å². The van der Waals surface area contributed by atoms with E-state index in [1.54, 1.807) is 16.2 Å². The number of hydrogen-bond acceptors (Lipinski definition) is 4. The maximum atomic E-state index is 12.2. The van der Waals surface area contributed by atoms with Gasteiger partial charge in [-0.05, 0) is 32.8 Å². The molecule has 1 aliphatic rings. The van der Waals surface area contributed by atoms with Gasteiger partial charge in [0.1, 0.15) is 0 Å². The van der Waals surface area contributed by atoms with Crippen LogP contribution in [0.3, 0.4) is 0 Å². The minimum Gasteiger partial charge on any atom is -0.369 e. The fraction of sp³-hybridized carbons (Fsp3) is 0.562. The fourth-order valence-corrected chi connectivity index (χ4v) is 3.80. The highest BCUT2D eigenvalue weighted by Crippen LogP contribution is 2.23. The summed E-state index contributed by atoms with van der Waals surface area (Å²) < 4.78 is 0. The quantitative estimate of drug-likeness (QED) is 0.843. The maximum absolute atomic E-state index is 12.2. The largest absolute Gasteiger partial charge is 0.369 e. The zero-order valence-corrected chi connectivity index (χ0v) is 13.9. The number of carbonyl (C=O) groups is 3. The first-order valence-electron chi connectivity index (χ1n) is 7.55. The van der Waals surface area contributed by atoms with Crippen molar-refractivity contribution in [1.82, 2.24) is 4.90 Å². The predicted molar refractivity (Wildman–Crippen MR) is 85.9 cm³/mol. The molecule has 0 spiro atoms. The lowest BCUT2D eigenvalue weighted by molar-refractivity contribution is -0.134. The van der Waals surface area contributed by atoms with Gasteiger partial charge in [0.05, 0.1) is 5.92 Å². The molecule has 1 atom stereocenters. The molecule has 1 saturated heterocycles. The Morgan fingerprint density at radius 1 is 1.32 bits per heavy atom. The number of primary amides is 1. The molecule has 2 rings (SSSR count). The Hall–Kier alpha value is -1.69. The zero-order valence-electron chi connectivity index (χ0n) is 13.1. The number of ketones is 1. The van der Waals surface area contributed by atoms with Gasteiger partial charge in [-0.1, -0.05) is 0 Å². The molecule has 22 heavy (non-hydrogen) atoms. The van der Waals surface area contributed by atoms with Crippen molar-refractivity contribution in [2.45, 2.75) is 39.5 Å². The molecule has 6 heteroatoms. The molecule has 1 fully saturated rings. The van der Waals surface area contributed by atoms with Crippen LogP contribution in [-0.4, -0.2) is 35.6 Å². The number of hydrogen-bond donors (Lipinski definition) is 1. The molecule has 1 aliphatic heterocycles. The normalized spacial score (nSPS) is 18.3. The summed E-state index contributed by atoms with van der Waals surface area (Å²) in [7, 11) is 0. The number of rotatable bonds is 5. The van der Waals surface area contributed by atoms with Crippen molar-refractivity contribution in [3.63, 3.8) is 0 Å². The van der Waals surface area contributed by atoms with Gasteiger partial charge in [0.15, 0.2) is 5.78 Å². The third-order valence-corrected chi connectivity index (χ3v) is 5.05. The van der Waals surface area contributed by atoms with Crippen LogP contribution in [0.4, 0.5) is 0 Å². The van der Waals surface area contributed by atoms with Crippen LogP contribution in [-0.2, 0) is 9.59 Å². The molecular weight excluding hydrogens is 300 g/mol. The van der Waals surface area contributed by atoms with E-state index in [0.717, 1.165) is 28.2 Å². The second-order valence-electron chi connectivity index (χ2n) is 5.83. The molecular formula is C16H22N2O3S. The van der Waals surface area contributed by atoms with E-state index in [0.29, 0.717) is 13.1 Å². The lowest BCUT2D eigenvalue weighted by Gasteiger charge is -2.31. The highest BCUT2D eigenvalue weighted by atomic mass is 32.1. The van der Waals surface area contributed by atoms with Crippen molar-refractivity contribution in [3.8, 4) is 0 Å². The van der Waals surface area contributed by atoms with Crippen LogP contribution in [0.2, 0.25) is 0 Å². The molecule has 2 heterocycles. The van der Waals surface area contributed by atoms with Gasteiger partial charge in [0, 0.05) is 41.2 Å². The minimum absolute atomic E-state index is 0.0126. The Balaban J connectivity index is 1.88. The molecule has 0 saturated carbocycles. The molecule has 2 N–H and O–H groups in total. The summed E-state index contributed by atoms with van der Waals surface area (Å²) in [5.41, 5.74) is 6.04. The van der Waals surface area contributed by atoms with E-state index in [-0.39, 0.29) is 36.4 Å². The second-order valence-corrected chi connectivity index (χ2v) is 7.29. The molecule has 2 amide bonds. The van der Waals surface area contributed by atoms with Crippen LogP contribution in [0.5, 0.6) is 0 Å². The van der Waals surface area contributed by atoms with Crippen LogP contribution >= 0.6 is 11.3 Å². The van der Waals surface area contributed by atoms with Crippen LogP contribution in [0.15, 0.2) is 6.07 Å². The molecule has 0 bridgehead atoms. The molecule has 1 aromatic heterocycles. The summed E-state index contributed by atoms with van der Waals surface area (Å²) in [5, 5.41) is 0. The van der Waals surface area contributed by atoms with Crippen LogP contribution in [0.1, 0.15) is 45.8 Å². The Labute approximate surface area is 134 Å². The van der Waals surface area contributed by atoms with Crippen molar-refractivity contribution in [2.75, 3.05) is 13.1 Å². The standard InChI is InChI=1S/C16H22N2O3S/c1-10-8-13(11(2)22-10)14(19)5-6-15(20)18-7-3-4-12(9-18)16(17)21/h8,12H,3-7,9H2,1-2H3,(H2,17,21)/t12-/m1/s1. The summed E-state index contributed by atoms with van der Waals surface area (Å²) in [6.07, 6.45) is 1.94. The third kappa shape index (κ3) is 3.94. The first-order chi connectivity index (χ1) is 10.4. The maximum Gasteiger partial charge on any atom is 0.223 e. The lowest BCUT2D eigenvalue weighted by Crippen LogP contribution is -2.44. The van der Waals surface area contributed by atoms with Crippen LogP contribution in [0, 0.1) is 19.8 Å². The molecule has 0 aromatic carbocycles. The SMILES string of the molecule is Cc1cc(C(=O)CCC(=O)N2CCC[C@@H](C(N)=O)C2)c(C)s1. The summed E-state index contributed by atoms with van der Waals surface area (Å²) in [4.78, 5) is 39.4. The number of thiophene rings is 1. The monoisotopic (exact) mass is 322 g/mol. The van der Waals surface area contributed by atoms with Crippen molar-refractivity contribution < 1.29 is 14.4 Å². The molecule has 1 aromatic rings. The first kappa shape index (κ1) is 16.7. The average molecular weight is 322 g/mol. The highest BCUT2D eigenvalue weighted by Gasteiger charge is 2.27. The number of nitrogens with two attached hydrogens (primary N) is 1. The van der Waals surface area contributed by atoms with Gasteiger partial charge < -0.3 is 10.6 Å². The fourth-order valence-electron chi connectivity index (χ4n) is 2.86. The van der Waals surface area contributed by atoms with E-state index in [9.17, 15) is 14.4 Å². The molecule has 120 valence electrons. The van der Waals surface area contributed by atoms with E-state index < -0.39 is 0 Å². The van der Waals surface area contributed by atoms with E-state index in [2.05, 4.69) is 0 Å². The Bertz CT molecular complexity index is 594. The van der Waals surface area contributed by atoms with Crippen molar-refractivity contribution >= 4 is 28.9 Å². The Morgan fingerprint density at radius 2 is 2.05 bits per heavy atom. The number of carbonyl (C=O) groups excluding carboxylic acids is 3. The number of Topliss-reactive ketones (excluding diaryl/α,β-unsaturated/α-hetero) is 1. The van der Waals surface area contributed by atoms with Crippen molar-refractivity contribution in [3.05, 3.63) is 21.4 Å². The van der Waals surface area contributed by atoms with E-state index in [1.807, 2.05) is 19.9 Å². The van der Waals surface area contributed by atoms with E-state index in [4.69, 9.17) is 5.73 Å². The molecule has 0 unspecified atom stereocenters. The van der Waals surface area contributed by atoms with E-state index >= 15 is 0 Å². The summed E-state index contributed by atoms with van der Waals surface area (Å²) >= 11 is 1.60. The topological polar surface area (TPSA) is 80.5 Å². The predicted octanol–water partition coefficient (Wildman–Crippen LogP) is 2.05. The highest BCUT2D eigenvalue weighted by molar-refractivity contribution is 7.12. The number of piperidine rings is 1. The first-order valence-corrected chi connectivity index (χ1v) is 8.37. The summed E-state index contributed by atoms with van der Waals surface area (Å²) in [6.45, 7) is 4.93. The zero-order chi connectivity index (χ0) is 16.3.